The standard InChI is InChI=1S/C40H27N3O2/c1-24-22-23-30(29-18-10-17-28-27-16-8-9-20-32(27)44-36(28)29)37-34(24)35-31(19-11-21-33(35)45-37)40-42-38(25-12-4-2-5-13-25)41-39(43-40)26-14-6-3-7-15-26/h2-21,23-24H,22H2,1H3. The first kappa shape index (κ1) is 25.7. The summed E-state index contributed by atoms with van der Waals surface area (Å²) in [4.78, 5) is 15.0. The monoisotopic (exact) mass is 581 g/mol. The van der Waals surface area contributed by atoms with Crippen LogP contribution in [0.1, 0.15) is 36.1 Å². The van der Waals surface area contributed by atoms with Crippen LogP contribution in [0.4, 0.5) is 0 Å². The van der Waals surface area contributed by atoms with Gasteiger partial charge in [-0.3, -0.25) is 0 Å². The van der Waals surface area contributed by atoms with Gasteiger partial charge in [-0.15, -0.1) is 0 Å². The summed E-state index contributed by atoms with van der Waals surface area (Å²) in [5.41, 5.74) is 8.67. The third-order valence-corrected chi connectivity index (χ3v) is 8.80. The van der Waals surface area contributed by atoms with E-state index in [-0.39, 0.29) is 5.92 Å². The molecule has 45 heavy (non-hydrogen) atoms. The fourth-order valence-electron chi connectivity index (χ4n) is 6.65. The molecule has 3 heterocycles. The molecule has 9 rings (SSSR count). The number of hydrogen-bond donors (Lipinski definition) is 0. The SMILES string of the molecule is CC1CC=C(c2cccc3c2oc2ccccc23)c2oc3cccc(-c4nc(-c5ccccc5)nc(-c5ccccc5)n4)c3c21. The predicted octanol–water partition coefficient (Wildman–Crippen LogP) is 10.5. The Morgan fingerprint density at radius 1 is 0.556 bits per heavy atom. The Labute approximate surface area is 259 Å². The Balaban J connectivity index is 1.27. The minimum Gasteiger partial charge on any atom is -0.456 e. The van der Waals surface area contributed by atoms with Gasteiger partial charge in [-0.1, -0.05) is 122 Å². The summed E-state index contributed by atoms with van der Waals surface area (Å²) < 4.78 is 13.2. The number of benzene rings is 5. The molecule has 214 valence electrons. The van der Waals surface area contributed by atoms with E-state index in [0.29, 0.717) is 17.5 Å². The molecular formula is C40H27N3O2. The summed E-state index contributed by atoms with van der Waals surface area (Å²) in [5, 5.41) is 3.27. The molecule has 0 amide bonds. The normalized spacial score (nSPS) is 14.6. The molecule has 3 aromatic heterocycles. The molecule has 1 aliphatic rings. The average Bonchev–Trinajstić information content (AvgIpc) is 3.69. The van der Waals surface area contributed by atoms with Crippen molar-refractivity contribution in [1.82, 2.24) is 15.0 Å². The molecule has 5 heteroatoms. The van der Waals surface area contributed by atoms with Crippen molar-refractivity contribution < 1.29 is 8.83 Å². The first-order chi connectivity index (χ1) is 22.2. The summed E-state index contributed by atoms with van der Waals surface area (Å²) in [7, 11) is 0. The number of allylic oxidation sites excluding steroid dienone is 1. The highest BCUT2D eigenvalue weighted by Gasteiger charge is 2.30. The van der Waals surface area contributed by atoms with E-state index in [0.717, 1.165) is 72.9 Å². The van der Waals surface area contributed by atoms with Gasteiger partial charge in [-0.05, 0) is 24.5 Å². The second kappa shape index (κ2) is 10.1. The quantitative estimate of drug-likeness (QED) is 0.207. The van der Waals surface area contributed by atoms with E-state index in [9.17, 15) is 0 Å². The predicted molar refractivity (Wildman–Crippen MR) is 180 cm³/mol. The summed E-state index contributed by atoms with van der Waals surface area (Å²) in [5.74, 6) is 3.02. The highest BCUT2D eigenvalue weighted by Crippen LogP contribution is 2.47. The van der Waals surface area contributed by atoms with E-state index in [1.807, 2.05) is 84.9 Å². The van der Waals surface area contributed by atoms with Crippen molar-refractivity contribution >= 4 is 38.5 Å². The summed E-state index contributed by atoms with van der Waals surface area (Å²) in [6.45, 7) is 2.26. The zero-order valence-corrected chi connectivity index (χ0v) is 24.6. The molecule has 0 aliphatic heterocycles. The Morgan fingerprint density at radius 3 is 1.91 bits per heavy atom. The minimum absolute atomic E-state index is 0.241. The molecule has 5 aromatic carbocycles. The van der Waals surface area contributed by atoms with Gasteiger partial charge >= 0.3 is 0 Å². The maximum absolute atomic E-state index is 6.76. The second-order valence-electron chi connectivity index (χ2n) is 11.6. The van der Waals surface area contributed by atoms with Crippen molar-refractivity contribution in [1.29, 1.82) is 0 Å². The van der Waals surface area contributed by atoms with Gasteiger partial charge in [0.15, 0.2) is 17.5 Å². The Bertz CT molecular complexity index is 2360. The second-order valence-corrected chi connectivity index (χ2v) is 11.6. The first-order valence-corrected chi connectivity index (χ1v) is 15.3. The van der Waals surface area contributed by atoms with E-state index in [4.69, 9.17) is 23.8 Å². The Kier molecular flexibility index (Phi) is 5.78. The number of rotatable bonds is 4. The van der Waals surface area contributed by atoms with Gasteiger partial charge in [-0.2, -0.15) is 0 Å². The maximum Gasteiger partial charge on any atom is 0.164 e. The maximum atomic E-state index is 6.76. The third kappa shape index (κ3) is 4.12. The minimum atomic E-state index is 0.241. The van der Waals surface area contributed by atoms with Gasteiger partial charge in [0.25, 0.3) is 0 Å². The fraction of sp³-hybridized carbons (Fsp3) is 0.0750. The van der Waals surface area contributed by atoms with Gasteiger partial charge < -0.3 is 8.83 Å². The molecule has 8 aromatic rings. The van der Waals surface area contributed by atoms with Crippen molar-refractivity contribution in [2.45, 2.75) is 19.3 Å². The lowest BCUT2D eigenvalue weighted by Gasteiger charge is -2.19. The van der Waals surface area contributed by atoms with E-state index < -0.39 is 0 Å². The Hall–Kier alpha value is -5.81. The number of fused-ring (bicyclic) bond motifs is 6. The molecule has 0 fully saturated rings. The summed E-state index contributed by atoms with van der Waals surface area (Å²) in [6, 6.07) is 40.9. The number of para-hydroxylation sites is 2. The topological polar surface area (TPSA) is 65.0 Å². The average molecular weight is 582 g/mol. The lowest BCUT2D eigenvalue weighted by atomic mass is 9.83. The van der Waals surface area contributed by atoms with Gasteiger partial charge in [0.2, 0.25) is 0 Å². The van der Waals surface area contributed by atoms with E-state index in [1.54, 1.807) is 0 Å². The molecule has 1 unspecified atom stereocenters. The van der Waals surface area contributed by atoms with Crippen LogP contribution in [0.5, 0.6) is 0 Å². The number of hydrogen-bond acceptors (Lipinski definition) is 5. The van der Waals surface area contributed by atoms with Crippen LogP contribution < -0.4 is 0 Å². The fourth-order valence-corrected chi connectivity index (χ4v) is 6.65. The van der Waals surface area contributed by atoms with Crippen molar-refractivity contribution in [2.24, 2.45) is 0 Å². The molecule has 0 saturated carbocycles. The molecular weight excluding hydrogens is 554 g/mol. The molecule has 1 atom stereocenters. The van der Waals surface area contributed by atoms with Crippen molar-refractivity contribution in [3.8, 4) is 34.2 Å². The van der Waals surface area contributed by atoms with Crippen LogP contribution in [0.3, 0.4) is 0 Å². The highest BCUT2D eigenvalue weighted by atomic mass is 16.3. The van der Waals surface area contributed by atoms with Crippen LogP contribution >= 0.6 is 0 Å². The Morgan fingerprint density at radius 2 is 1.16 bits per heavy atom. The van der Waals surface area contributed by atoms with Crippen LogP contribution in [0.15, 0.2) is 136 Å². The molecule has 0 N–H and O–H groups in total. The molecule has 0 saturated heterocycles. The van der Waals surface area contributed by atoms with Crippen LogP contribution in [-0.2, 0) is 0 Å². The zero-order valence-electron chi connectivity index (χ0n) is 24.6. The largest absolute Gasteiger partial charge is 0.456 e. The van der Waals surface area contributed by atoms with Crippen LogP contribution in [-0.4, -0.2) is 15.0 Å². The highest BCUT2D eigenvalue weighted by molar-refractivity contribution is 6.10. The molecule has 5 nitrogen and oxygen atoms in total. The van der Waals surface area contributed by atoms with Gasteiger partial charge in [0, 0.05) is 49.5 Å². The zero-order chi connectivity index (χ0) is 29.9. The van der Waals surface area contributed by atoms with Crippen LogP contribution in [0.25, 0.3) is 72.6 Å². The first-order valence-electron chi connectivity index (χ1n) is 15.3. The van der Waals surface area contributed by atoms with Gasteiger partial charge in [-0.25, -0.2) is 15.0 Å². The van der Waals surface area contributed by atoms with Crippen molar-refractivity contribution in [2.75, 3.05) is 0 Å². The number of nitrogens with zero attached hydrogens (tertiary/aromatic N) is 3. The van der Waals surface area contributed by atoms with Gasteiger partial charge in [0.1, 0.15) is 22.5 Å². The van der Waals surface area contributed by atoms with Crippen molar-refractivity contribution in [3.05, 3.63) is 144 Å². The molecule has 0 radical (unpaired) electrons. The van der Waals surface area contributed by atoms with Crippen LogP contribution in [0.2, 0.25) is 0 Å². The summed E-state index contributed by atoms with van der Waals surface area (Å²) >= 11 is 0. The molecule has 0 bridgehead atoms. The van der Waals surface area contributed by atoms with Crippen LogP contribution in [0, 0.1) is 0 Å². The van der Waals surface area contributed by atoms with E-state index in [1.165, 1.54) is 5.56 Å². The number of furan rings is 2. The van der Waals surface area contributed by atoms with E-state index >= 15 is 0 Å². The molecule has 0 spiro atoms. The molecule has 1 aliphatic carbocycles. The smallest absolute Gasteiger partial charge is 0.164 e. The van der Waals surface area contributed by atoms with E-state index in [2.05, 4.69) is 49.4 Å². The van der Waals surface area contributed by atoms with Crippen molar-refractivity contribution in [3.63, 3.8) is 0 Å². The van der Waals surface area contributed by atoms with Gasteiger partial charge in [0.05, 0.1) is 0 Å². The lowest BCUT2D eigenvalue weighted by molar-refractivity contribution is 0.581. The lowest BCUT2D eigenvalue weighted by Crippen LogP contribution is -2.04. The summed E-state index contributed by atoms with van der Waals surface area (Å²) in [6.07, 6.45) is 3.17. The number of aromatic nitrogens is 3. The third-order valence-electron chi connectivity index (χ3n) is 8.80.